The van der Waals surface area contributed by atoms with Gasteiger partial charge < -0.3 is 24.3 Å². The Morgan fingerprint density at radius 2 is 1.73 bits per heavy atom. The number of amides is 3. The third kappa shape index (κ3) is 5.97. The summed E-state index contributed by atoms with van der Waals surface area (Å²) >= 11 is 0. The Kier molecular flexibility index (Phi) is 8.47. The number of piperazine rings is 1. The molecule has 238 valence electrons. The lowest BCUT2D eigenvalue weighted by atomic mass is 9.99. The molecule has 3 saturated heterocycles. The average molecular weight is 618 g/mol. The first-order chi connectivity index (χ1) is 21.7. The van der Waals surface area contributed by atoms with Crippen molar-refractivity contribution in [3.05, 3.63) is 46.5 Å². The van der Waals surface area contributed by atoms with Crippen molar-refractivity contribution in [2.45, 2.75) is 37.9 Å². The fourth-order valence-corrected chi connectivity index (χ4v) is 6.72. The van der Waals surface area contributed by atoms with Gasteiger partial charge in [0.15, 0.2) is 0 Å². The highest BCUT2D eigenvalue weighted by Gasteiger charge is 2.39. The molecule has 0 bridgehead atoms. The van der Waals surface area contributed by atoms with Crippen molar-refractivity contribution in [3.63, 3.8) is 0 Å². The van der Waals surface area contributed by atoms with Crippen molar-refractivity contribution in [1.29, 1.82) is 0 Å². The number of imide groups is 1. The molecular formula is C32H39N7O6. The number of hydrogen-bond donors (Lipinski definition) is 2. The third-order valence-electron chi connectivity index (χ3n) is 9.17. The zero-order valence-corrected chi connectivity index (χ0v) is 26.1. The second kappa shape index (κ2) is 12.5. The number of H-pyrrole nitrogens is 1. The molecule has 3 aliphatic heterocycles. The van der Waals surface area contributed by atoms with Gasteiger partial charge in [-0.1, -0.05) is 0 Å². The number of piperidine rings is 1. The molecule has 6 rings (SSSR count). The lowest BCUT2D eigenvalue weighted by Crippen LogP contribution is -2.61. The molecular weight excluding hydrogens is 578 g/mol. The molecule has 2 atom stereocenters. The third-order valence-corrected chi connectivity index (χ3v) is 9.17. The van der Waals surface area contributed by atoms with E-state index in [2.05, 4.69) is 25.1 Å². The molecule has 3 aliphatic rings. The molecule has 2 unspecified atom stereocenters. The number of pyridine rings is 2. The Morgan fingerprint density at radius 3 is 2.40 bits per heavy atom. The number of carbonyl (C=O) groups is 3. The van der Waals surface area contributed by atoms with E-state index in [0.717, 1.165) is 47.4 Å². The van der Waals surface area contributed by atoms with Crippen LogP contribution in [-0.4, -0.2) is 116 Å². The molecule has 3 aromatic rings. The molecule has 0 saturated carbocycles. The lowest BCUT2D eigenvalue weighted by Gasteiger charge is -2.41. The molecule has 3 fully saturated rings. The van der Waals surface area contributed by atoms with Crippen molar-refractivity contribution in [3.8, 4) is 22.6 Å². The number of fused-ring (bicyclic) bond motifs is 1. The minimum Gasteiger partial charge on any atom is -0.496 e. The van der Waals surface area contributed by atoms with E-state index in [4.69, 9.17) is 9.47 Å². The van der Waals surface area contributed by atoms with Gasteiger partial charge in [0, 0.05) is 82.6 Å². The maximum Gasteiger partial charge on any atom is 0.257 e. The number of benzene rings is 1. The number of nitrogens with one attached hydrogen (secondary N) is 2. The zero-order chi connectivity index (χ0) is 31.8. The summed E-state index contributed by atoms with van der Waals surface area (Å²) in [7, 11) is 7.09. The lowest BCUT2D eigenvalue weighted by molar-refractivity contribution is -0.149. The van der Waals surface area contributed by atoms with Gasteiger partial charge in [0.05, 0.1) is 31.7 Å². The molecule has 13 nitrogen and oxygen atoms in total. The number of aromatic amines is 1. The summed E-state index contributed by atoms with van der Waals surface area (Å²) in [4.78, 5) is 64.9. The highest BCUT2D eigenvalue weighted by Crippen LogP contribution is 2.38. The quantitative estimate of drug-likeness (QED) is 0.355. The molecule has 0 spiro atoms. The largest absolute Gasteiger partial charge is 0.496 e. The number of nitrogens with zero attached hydrogens (tertiary/aromatic N) is 5. The number of methoxy groups -OCH3 is 2. The van der Waals surface area contributed by atoms with Gasteiger partial charge in [0.2, 0.25) is 17.7 Å². The molecule has 3 amide bonds. The molecule has 45 heavy (non-hydrogen) atoms. The van der Waals surface area contributed by atoms with Gasteiger partial charge in [0.25, 0.3) is 5.56 Å². The normalized spacial score (nSPS) is 21.3. The first-order valence-electron chi connectivity index (χ1n) is 15.2. The molecule has 2 N–H and O–H groups in total. The summed E-state index contributed by atoms with van der Waals surface area (Å²) < 4.78 is 11.8. The fraction of sp³-hybridized carbons (Fsp3) is 0.469. The molecule has 5 heterocycles. The van der Waals surface area contributed by atoms with E-state index in [0.29, 0.717) is 42.9 Å². The van der Waals surface area contributed by atoms with Crippen molar-refractivity contribution < 1.29 is 23.9 Å². The molecule has 2 aromatic heterocycles. The summed E-state index contributed by atoms with van der Waals surface area (Å²) in [5, 5.41) is 3.64. The van der Waals surface area contributed by atoms with Crippen LogP contribution in [0.2, 0.25) is 0 Å². The number of carbonyl (C=O) groups excluding carboxylic acids is 3. The van der Waals surface area contributed by atoms with Crippen molar-refractivity contribution in [2.24, 2.45) is 0 Å². The van der Waals surface area contributed by atoms with Gasteiger partial charge in [-0.05, 0) is 36.6 Å². The molecule has 13 heteroatoms. The predicted molar refractivity (Wildman–Crippen MR) is 168 cm³/mol. The number of rotatable bonds is 8. The first-order valence-corrected chi connectivity index (χ1v) is 15.2. The van der Waals surface area contributed by atoms with Crippen LogP contribution in [0.25, 0.3) is 21.9 Å². The van der Waals surface area contributed by atoms with E-state index < -0.39 is 6.04 Å². The summed E-state index contributed by atoms with van der Waals surface area (Å²) in [6, 6.07) is 5.50. The summed E-state index contributed by atoms with van der Waals surface area (Å²) in [5.41, 5.74) is 2.40. The molecule has 0 radical (unpaired) electrons. The van der Waals surface area contributed by atoms with Gasteiger partial charge in [0.1, 0.15) is 23.4 Å². The van der Waals surface area contributed by atoms with E-state index in [1.807, 2.05) is 37.2 Å². The summed E-state index contributed by atoms with van der Waals surface area (Å²) in [6.45, 7) is 3.65. The SMILES string of the molecule is COc1cc(-c2c[nH]c(=O)c3cnc(N(C)C)cc23)cc(OC)c1CN1CCC(N2CCN(C3CCC(=O)NC3=O)C(=O)C2)C1. The van der Waals surface area contributed by atoms with E-state index in [-0.39, 0.29) is 42.3 Å². The van der Waals surface area contributed by atoms with Gasteiger partial charge >= 0.3 is 0 Å². The van der Waals surface area contributed by atoms with Crippen LogP contribution in [0.3, 0.4) is 0 Å². The Bertz CT molecular complexity index is 1680. The monoisotopic (exact) mass is 617 g/mol. The van der Waals surface area contributed by atoms with Gasteiger partial charge in [-0.15, -0.1) is 0 Å². The van der Waals surface area contributed by atoms with Crippen LogP contribution in [0, 0.1) is 0 Å². The van der Waals surface area contributed by atoms with Crippen LogP contribution in [0.1, 0.15) is 24.8 Å². The Morgan fingerprint density at radius 1 is 0.978 bits per heavy atom. The first kappa shape index (κ1) is 30.5. The number of likely N-dealkylation sites (tertiary alicyclic amines) is 1. The highest BCUT2D eigenvalue weighted by molar-refractivity contribution is 6.02. The van der Waals surface area contributed by atoms with Gasteiger partial charge in [-0.2, -0.15) is 0 Å². The summed E-state index contributed by atoms with van der Waals surface area (Å²) in [5.74, 6) is 1.38. The van der Waals surface area contributed by atoms with Crippen LogP contribution >= 0.6 is 0 Å². The van der Waals surface area contributed by atoms with Crippen LogP contribution in [-0.2, 0) is 20.9 Å². The van der Waals surface area contributed by atoms with Crippen LogP contribution in [0.4, 0.5) is 5.82 Å². The maximum atomic E-state index is 13.1. The molecule has 1 aromatic carbocycles. The van der Waals surface area contributed by atoms with Gasteiger partial charge in [-0.25, -0.2) is 4.98 Å². The zero-order valence-electron chi connectivity index (χ0n) is 26.1. The predicted octanol–water partition coefficient (Wildman–Crippen LogP) is 1.20. The average Bonchev–Trinajstić information content (AvgIpc) is 3.50. The van der Waals surface area contributed by atoms with Crippen LogP contribution < -0.4 is 25.2 Å². The van der Waals surface area contributed by atoms with E-state index in [9.17, 15) is 19.2 Å². The van der Waals surface area contributed by atoms with Crippen molar-refractivity contribution in [2.75, 3.05) is 65.9 Å². The van der Waals surface area contributed by atoms with Crippen molar-refractivity contribution >= 4 is 34.3 Å². The summed E-state index contributed by atoms with van der Waals surface area (Å²) in [6.07, 6.45) is 4.86. The minimum absolute atomic E-state index is 0.0728. The van der Waals surface area contributed by atoms with Gasteiger partial charge in [-0.3, -0.25) is 34.3 Å². The fourth-order valence-electron chi connectivity index (χ4n) is 6.72. The smallest absolute Gasteiger partial charge is 0.257 e. The molecule has 0 aliphatic carbocycles. The number of aromatic nitrogens is 2. The number of anilines is 1. The Hall–Kier alpha value is -4.49. The highest BCUT2D eigenvalue weighted by atomic mass is 16.5. The Labute approximate surface area is 261 Å². The number of hydrogen-bond acceptors (Lipinski definition) is 10. The van der Waals surface area contributed by atoms with E-state index >= 15 is 0 Å². The Balaban J connectivity index is 1.18. The van der Waals surface area contributed by atoms with E-state index in [1.54, 1.807) is 31.5 Å². The minimum atomic E-state index is -0.568. The second-order valence-electron chi connectivity index (χ2n) is 12.1. The second-order valence-corrected chi connectivity index (χ2v) is 12.1. The number of ether oxygens (including phenoxy) is 2. The topological polar surface area (TPSA) is 140 Å². The standard InChI is InChI=1S/C32H39N7O6/c1-36(2)28-13-21-22(14-34-31(42)23(21)15-33-28)19-11-26(44-3)24(27(12-19)45-4)17-37-8-7-20(16-37)38-9-10-39(30(41)18-38)25-5-6-29(40)35-32(25)43/h11-15,20,25H,5-10,16-18H2,1-4H3,(H,34,42)(H,35,40,43). The van der Waals surface area contributed by atoms with Crippen LogP contribution in [0.15, 0.2) is 35.4 Å². The maximum absolute atomic E-state index is 13.1. The van der Waals surface area contributed by atoms with Crippen molar-refractivity contribution in [1.82, 2.24) is 30.0 Å². The van der Waals surface area contributed by atoms with E-state index in [1.165, 1.54) is 0 Å². The van der Waals surface area contributed by atoms with Crippen LogP contribution in [0.5, 0.6) is 11.5 Å².